The second kappa shape index (κ2) is 5.59. The number of aryl methyl sites for hydroxylation is 1. The Kier molecular flexibility index (Phi) is 3.88. The van der Waals surface area contributed by atoms with Crippen LogP contribution in [0.4, 0.5) is 9.52 Å². The van der Waals surface area contributed by atoms with Crippen molar-refractivity contribution in [3.05, 3.63) is 41.2 Å². The van der Waals surface area contributed by atoms with Gasteiger partial charge in [0.15, 0.2) is 11.7 Å². The van der Waals surface area contributed by atoms with Crippen LogP contribution in [0.1, 0.15) is 5.69 Å². The third-order valence-corrected chi connectivity index (χ3v) is 2.92. The van der Waals surface area contributed by atoms with Crippen molar-refractivity contribution in [3.8, 4) is 5.75 Å². The first-order valence-corrected chi connectivity index (χ1v) is 6.12. The number of ether oxygens (including phenoxy) is 1. The molecule has 1 aromatic heterocycles. The van der Waals surface area contributed by atoms with Gasteiger partial charge in [-0.15, -0.1) is 11.3 Å². The molecule has 0 atom stereocenters. The molecule has 1 N–H and O–H groups in total. The minimum atomic E-state index is -0.343. The van der Waals surface area contributed by atoms with E-state index < -0.39 is 0 Å². The lowest BCUT2D eigenvalue weighted by molar-refractivity contribution is -0.118. The summed E-state index contributed by atoms with van der Waals surface area (Å²) in [6.45, 7) is 1.71. The van der Waals surface area contributed by atoms with Gasteiger partial charge < -0.3 is 4.74 Å². The largest absolute Gasteiger partial charge is 0.484 e. The zero-order chi connectivity index (χ0) is 13.0. The Morgan fingerprint density at radius 1 is 1.44 bits per heavy atom. The van der Waals surface area contributed by atoms with E-state index in [4.69, 9.17) is 4.74 Å². The second-order valence-electron chi connectivity index (χ2n) is 3.58. The number of rotatable bonds is 4. The van der Waals surface area contributed by atoms with Crippen LogP contribution in [0.2, 0.25) is 0 Å². The molecule has 0 radical (unpaired) electrons. The molecule has 0 aliphatic carbocycles. The second-order valence-corrected chi connectivity index (χ2v) is 4.44. The van der Waals surface area contributed by atoms with E-state index in [1.54, 1.807) is 0 Å². The van der Waals surface area contributed by atoms with Gasteiger partial charge in [0.05, 0.1) is 5.69 Å². The fourth-order valence-corrected chi connectivity index (χ4v) is 1.95. The van der Waals surface area contributed by atoms with Crippen molar-refractivity contribution >= 4 is 22.4 Å². The minimum Gasteiger partial charge on any atom is -0.484 e. The van der Waals surface area contributed by atoms with Gasteiger partial charge in [-0.1, -0.05) is 0 Å². The first-order valence-electron chi connectivity index (χ1n) is 5.24. The summed E-state index contributed by atoms with van der Waals surface area (Å²) in [5, 5.41) is 5.00. The standard InChI is InChI=1S/C12H11FN2O2S/c1-8-7-18-12(14-8)15-11(16)6-17-10-4-2-9(13)3-5-10/h2-5,7H,6H2,1H3,(H,14,15,16). The number of hydrogen-bond donors (Lipinski definition) is 1. The quantitative estimate of drug-likeness (QED) is 0.925. The Labute approximate surface area is 107 Å². The smallest absolute Gasteiger partial charge is 0.264 e. The van der Waals surface area contributed by atoms with Crippen molar-refractivity contribution in [2.75, 3.05) is 11.9 Å². The molecule has 0 aliphatic heterocycles. The topological polar surface area (TPSA) is 51.2 Å². The molecule has 0 unspecified atom stereocenters. The lowest BCUT2D eigenvalue weighted by atomic mass is 10.3. The number of amides is 1. The van der Waals surface area contributed by atoms with Crippen LogP contribution in [0, 0.1) is 12.7 Å². The van der Waals surface area contributed by atoms with Gasteiger partial charge in [-0.2, -0.15) is 0 Å². The first-order chi connectivity index (χ1) is 8.63. The van der Waals surface area contributed by atoms with Crippen molar-refractivity contribution in [3.63, 3.8) is 0 Å². The van der Waals surface area contributed by atoms with Crippen LogP contribution < -0.4 is 10.1 Å². The molecule has 2 rings (SSSR count). The number of anilines is 1. The van der Waals surface area contributed by atoms with E-state index in [0.29, 0.717) is 10.9 Å². The maximum Gasteiger partial charge on any atom is 0.264 e. The molecule has 0 saturated carbocycles. The number of benzene rings is 1. The van der Waals surface area contributed by atoms with Crippen LogP contribution in [0.3, 0.4) is 0 Å². The van der Waals surface area contributed by atoms with E-state index >= 15 is 0 Å². The Bertz CT molecular complexity index is 539. The van der Waals surface area contributed by atoms with E-state index in [9.17, 15) is 9.18 Å². The van der Waals surface area contributed by atoms with Crippen molar-refractivity contribution < 1.29 is 13.9 Å². The van der Waals surface area contributed by atoms with Gasteiger partial charge in [0.2, 0.25) is 0 Å². The number of aromatic nitrogens is 1. The van der Waals surface area contributed by atoms with Crippen molar-refractivity contribution in [1.82, 2.24) is 4.98 Å². The zero-order valence-electron chi connectivity index (χ0n) is 9.64. The van der Waals surface area contributed by atoms with Crippen LogP contribution >= 0.6 is 11.3 Å². The molecular weight excluding hydrogens is 255 g/mol. The maximum atomic E-state index is 12.6. The zero-order valence-corrected chi connectivity index (χ0v) is 10.5. The van der Waals surface area contributed by atoms with Gasteiger partial charge in [-0.3, -0.25) is 10.1 Å². The summed E-state index contributed by atoms with van der Waals surface area (Å²) < 4.78 is 17.8. The van der Waals surface area contributed by atoms with Crippen LogP contribution in [-0.2, 0) is 4.79 Å². The Balaban J connectivity index is 1.83. The predicted molar refractivity (Wildman–Crippen MR) is 67.4 cm³/mol. The van der Waals surface area contributed by atoms with E-state index in [1.165, 1.54) is 35.6 Å². The SMILES string of the molecule is Cc1csc(NC(=O)COc2ccc(F)cc2)n1. The molecule has 0 fully saturated rings. The number of carbonyl (C=O) groups excluding carboxylic acids is 1. The molecule has 0 aliphatic rings. The van der Waals surface area contributed by atoms with Gasteiger partial charge in [-0.25, -0.2) is 9.37 Å². The molecule has 0 bridgehead atoms. The summed E-state index contributed by atoms with van der Waals surface area (Å²) in [5.74, 6) is -0.194. The Hall–Kier alpha value is -1.95. The van der Waals surface area contributed by atoms with Crippen LogP contribution in [0.15, 0.2) is 29.6 Å². The summed E-state index contributed by atoms with van der Waals surface area (Å²) in [5.41, 5.74) is 0.856. The fraction of sp³-hybridized carbons (Fsp3) is 0.167. The molecule has 1 aromatic carbocycles. The van der Waals surface area contributed by atoms with Crippen molar-refractivity contribution in [2.45, 2.75) is 6.92 Å². The normalized spacial score (nSPS) is 10.1. The van der Waals surface area contributed by atoms with Gasteiger partial charge in [0, 0.05) is 5.38 Å². The van der Waals surface area contributed by atoms with Crippen LogP contribution in [0.25, 0.3) is 0 Å². The van der Waals surface area contributed by atoms with E-state index in [-0.39, 0.29) is 18.3 Å². The van der Waals surface area contributed by atoms with Crippen LogP contribution in [-0.4, -0.2) is 17.5 Å². The highest BCUT2D eigenvalue weighted by atomic mass is 32.1. The molecule has 0 spiro atoms. The Morgan fingerprint density at radius 2 is 2.17 bits per heavy atom. The molecule has 6 heteroatoms. The van der Waals surface area contributed by atoms with Crippen LogP contribution in [0.5, 0.6) is 5.75 Å². The molecule has 94 valence electrons. The van der Waals surface area contributed by atoms with Gasteiger partial charge in [0.1, 0.15) is 11.6 Å². The maximum absolute atomic E-state index is 12.6. The number of carbonyl (C=O) groups is 1. The number of nitrogens with one attached hydrogen (secondary N) is 1. The predicted octanol–water partition coefficient (Wildman–Crippen LogP) is 2.61. The molecule has 2 aromatic rings. The average Bonchev–Trinajstić information content (AvgIpc) is 2.74. The lowest BCUT2D eigenvalue weighted by Gasteiger charge is -2.05. The molecule has 1 amide bonds. The number of thiazole rings is 1. The molecule has 1 heterocycles. The number of hydrogen-bond acceptors (Lipinski definition) is 4. The summed E-state index contributed by atoms with van der Waals surface area (Å²) in [7, 11) is 0. The molecular formula is C12H11FN2O2S. The lowest BCUT2D eigenvalue weighted by Crippen LogP contribution is -2.20. The first kappa shape index (κ1) is 12.5. The number of nitrogens with zero attached hydrogens (tertiary/aromatic N) is 1. The monoisotopic (exact) mass is 266 g/mol. The van der Waals surface area contributed by atoms with E-state index in [1.807, 2.05) is 12.3 Å². The molecule has 4 nitrogen and oxygen atoms in total. The Morgan fingerprint density at radius 3 is 2.78 bits per heavy atom. The van der Waals surface area contributed by atoms with Gasteiger partial charge >= 0.3 is 0 Å². The van der Waals surface area contributed by atoms with Gasteiger partial charge in [-0.05, 0) is 31.2 Å². The van der Waals surface area contributed by atoms with Gasteiger partial charge in [0.25, 0.3) is 5.91 Å². The summed E-state index contributed by atoms with van der Waals surface area (Å²) in [4.78, 5) is 15.6. The summed E-state index contributed by atoms with van der Waals surface area (Å²) >= 11 is 1.35. The molecule has 0 saturated heterocycles. The highest BCUT2D eigenvalue weighted by molar-refractivity contribution is 7.13. The summed E-state index contributed by atoms with van der Waals surface area (Å²) in [6.07, 6.45) is 0. The highest BCUT2D eigenvalue weighted by Gasteiger charge is 2.06. The number of halogens is 1. The highest BCUT2D eigenvalue weighted by Crippen LogP contribution is 2.14. The van der Waals surface area contributed by atoms with Crippen molar-refractivity contribution in [1.29, 1.82) is 0 Å². The minimum absolute atomic E-state index is 0.135. The summed E-state index contributed by atoms with van der Waals surface area (Å²) in [6, 6.07) is 5.49. The average molecular weight is 266 g/mol. The third-order valence-electron chi connectivity index (χ3n) is 2.05. The third kappa shape index (κ3) is 3.53. The van der Waals surface area contributed by atoms with E-state index in [2.05, 4.69) is 10.3 Å². The fourth-order valence-electron chi connectivity index (χ4n) is 1.25. The van der Waals surface area contributed by atoms with E-state index in [0.717, 1.165) is 5.69 Å². The molecule has 18 heavy (non-hydrogen) atoms. The van der Waals surface area contributed by atoms with Crippen molar-refractivity contribution in [2.24, 2.45) is 0 Å².